The zero-order valence-corrected chi connectivity index (χ0v) is 17.5. The van der Waals surface area contributed by atoms with Crippen LogP contribution < -0.4 is 10.1 Å². The van der Waals surface area contributed by atoms with Crippen molar-refractivity contribution in [2.45, 2.75) is 33.6 Å². The Labute approximate surface area is 170 Å². The second kappa shape index (κ2) is 9.80. The summed E-state index contributed by atoms with van der Waals surface area (Å²) in [6, 6.07) is 3.45. The first-order valence-corrected chi connectivity index (χ1v) is 9.47. The molecule has 1 heterocycles. The van der Waals surface area contributed by atoms with E-state index < -0.39 is 17.4 Å². The zero-order chi connectivity index (χ0) is 20.0. The van der Waals surface area contributed by atoms with Crippen molar-refractivity contribution in [3.63, 3.8) is 0 Å². The fraction of sp³-hybridized carbons (Fsp3) is 0.263. The Kier molecular flexibility index (Phi) is 7.74. The minimum absolute atomic E-state index is 0.0352. The van der Waals surface area contributed by atoms with Crippen molar-refractivity contribution >= 4 is 39.2 Å². The van der Waals surface area contributed by atoms with Gasteiger partial charge in [0.15, 0.2) is 29.0 Å². The number of halogens is 4. The number of nitrogens with zero attached hydrogens (tertiary/aromatic N) is 2. The Balaban J connectivity index is 2.46. The summed E-state index contributed by atoms with van der Waals surface area (Å²) in [5.74, 6) is -1.32. The molecule has 8 heteroatoms. The molecule has 27 heavy (non-hydrogen) atoms. The molecule has 2 rings (SSSR count). The number of pyridine rings is 1. The van der Waals surface area contributed by atoms with Gasteiger partial charge in [-0.3, -0.25) is 0 Å². The second-order valence-corrected chi connectivity index (χ2v) is 6.86. The van der Waals surface area contributed by atoms with E-state index in [4.69, 9.17) is 16.3 Å². The molecule has 0 fully saturated rings. The first kappa shape index (κ1) is 21.3. The van der Waals surface area contributed by atoms with E-state index in [1.807, 2.05) is 26.8 Å². The van der Waals surface area contributed by atoms with Crippen LogP contribution >= 0.6 is 27.5 Å². The highest BCUT2D eigenvalue weighted by Crippen LogP contribution is 2.41. The van der Waals surface area contributed by atoms with Crippen LogP contribution in [-0.2, 0) is 0 Å². The molecule has 1 N–H and O–H groups in total. The maximum atomic E-state index is 13.9. The predicted octanol–water partition coefficient (Wildman–Crippen LogP) is 6.91. The van der Waals surface area contributed by atoms with Crippen LogP contribution in [0.2, 0.25) is 5.02 Å². The van der Waals surface area contributed by atoms with E-state index in [0.29, 0.717) is 16.7 Å². The van der Waals surface area contributed by atoms with E-state index in [0.717, 1.165) is 24.3 Å². The summed E-state index contributed by atoms with van der Waals surface area (Å²) >= 11 is 9.62. The molecule has 0 saturated carbocycles. The van der Waals surface area contributed by atoms with Gasteiger partial charge < -0.3 is 10.1 Å². The van der Waals surface area contributed by atoms with E-state index in [1.165, 1.54) is 12.3 Å². The Bertz CT molecular complexity index is 867. The van der Waals surface area contributed by atoms with Crippen LogP contribution in [0.1, 0.15) is 33.6 Å². The lowest BCUT2D eigenvalue weighted by Crippen LogP contribution is -2.21. The standard InChI is InChI=1S/C19H19BrClF2N3O/c1-4-7-15(25-11(3)5-2)26-19-16(21)17(12(20)10-24-19)27-18-13(22)8-6-9-14(18)23/h5-6,8-10H,4,7H2,1-3H3,(H,24,25,26)/b11-5-. The molecule has 0 atom stereocenters. The van der Waals surface area contributed by atoms with Gasteiger partial charge in [0.25, 0.3) is 0 Å². The van der Waals surface area contributed by atoms with Crippen LogP contribution in [0, 0.1) is 11.6 Å². The van der Waals surface area contributed by atoms with Crippen molar-refractivity contribution in [2.24, 2.45) is 4.99 Å². The van der Waals surface area contributed by atoms with Crippen molar-refractivity contribution in [1.82, 2.24) is 10.3 Å². The summed E-state index contributed by atoms with van der Waals surface area (Å²) in [6.45, 7) is 5.84. The van der Waals surface area contributed by atoms with Crippen LogP contribution in [0.4, 0.5) is 14.6 Å². The molecule has 2 aromatic rings. The Morgan fingerprint density at radius 3 is 2.59 bits per heavy atom. The van der Waals surface area contributed by atoms with E-state index in [1.54, 1.807) is 0 Å². The van der Waals surface area contributed by atoms with E-state index in [-0.39, 0.29) is 16.6 Å². The highest BCUT2D eigenvalue weighted by atomic mass is 79.9. The van der Waals surface area contributed by atoms with Gasteiger partial charge in [0.2, 0.25) is 0 Å². The van der Waals surface area contributed by atoms with Gasteiger partial charge in [0, 0.05) is 18.3 Å². The van der Waals surface area contributed by atoms with Crippen molar-refractivity contribution in [3.8, 4) is 11.5 Å². The van der Waals surface area contributed by atoms with Crippen LogP contribution in [0.3, 0.4) is 0 Å². The summed E-state index contributed by atoms with van der Waals surface area (Å²) in [5, 5.41) is 3.23. The number of aliphatic imine (C=N–C) groups is 1. The number of aromatic nitrogens is 1. The minimum atomic E-state index is -0.836. The summed E-state index contributed by atoms with van der Waals surface area (Å²) in [7, 11) is 0. The number of hydrogen-bond acceptors (Lipinski definition) is 3. The van der Waals surface area contributed by atoms with Gasteiger partial charge in [0.1, 0.15) is 10.9 Å². The van der Waals surface area contributed by atoms with E-state index in [2.05, 4.69) is 31.2 Å². The Morgan fingerprint density at radius 2 is 2.00 bits per heavy atom. The summed E-state index contributed by atoms with van der Waals surface area (Å²) in [5.41, 5.74) is 0.931. The molecule has 0 aliphatic rings. The molecular formula is C19H19BrClF2N3O. The normalized spacial score (nSPS) is 12.3. The topological polar surface area (TPSA) is 46.5 Å². The smallest absolute Gasteiger partial charge is 0.198 e. The number of para-hydroxylation sites is 1. The number of amidine groups is 1. The molecule has 0 radical (unpaired) electrons. The second-order valence-electron chi connectivity index (χ2n) is 5.63. The number of nitrogens with one attached hydrogen (secondary N) is 1. The molecule has 0 unspecified atom stereocenters. The Hall–Kier alpha value is -1.99. The summed E-state index contributed by atoms with van der Waals surface area (Å²) in [6.07, 6.45) is 4.88. The molecular weight excluding hydrogens is 440 g/mol. The highest BCUT2D eigenvalue weighted by Gasteiger charge is 2.19. The number of rotatable bonds is 6. The van der Waals surface area contributed by atoms with Crippen LogP contribution in [0.25, 0.3) is 0 Å². The van der Waals surface area contributed by atoms with Crippen molar-refractivity contribution < 1.29 is 13.5 Å². The predicted molar refractivity (Wildman–Crippen MR) is 108 cm³/mol. The van der Waals surface area contributed by atoms with Gasteiger partial charge in [-0.1, -0.05) is 30.7 Å². The third-order valence-electron chi connectivity index (χ3n) is 3.54. The monoisotopic (exact) mass is 457 g/mol. The van der Waals surface area contributed by atoms with Crippen LogP contribution in [0.15, 0.2) is 45.6 Å². The number of hydrogen-bond donors (Lipinski definition) is 1. The lowest BCUT2D eigenvalue weighted by molar-refractivity contribution is 0.405. The average Bonchev–Trinajstić information content (AvgIpc) is 2.63. The fourth-order valence-corrected chi connectivity index (χ4v) is 2.83. The molecule has 0 saturated heterocycles. The van der Waals surface area contributed by atoms with Gasteiger partial charge in [-0.15, -0.1) is 0 Å². The molecule has 0 spiro atoms. The minimum Gasteiger partial charge on any atom is -0.448 e. The molecule has 0 amide bonds. The highest BCUT2D eigenvalue weighted by molar-refractivity contribution is 9.10. The third-order valence-corrected chi connectivity index (χ3v) is 4.44. The van der Waals surface area contributed by atoms with Crippen LogP contribution in [0.5, 0.6) is 11.5 Å². The van der Waals surface area contributed by atoms with Crippen molar-refractivity contribution in [3.05, 3.63) is 57.3 Å². The van der Waals surface area contributed by atoms with Gasteiger partial charge >= 0.3 is 0 Å². The van der Waals surface area contributed by atoms with Crippen molar-refractivity contribution in [2.75, 3.05) is 0 Å². The zero-order valence-electron chi connectivity index (χ0n) is 15.1. The Morgan fingerprint density at radius 1 is 1.33 bits per heavy atom. The first-order valence-electron chi connectivity index (χ1n) is 8.30. The van der Waals surface area contributed by atoms with Crippen molar-refractivity contribution in [1.29, 1.82) is 0 Å². The molecule has 0 aliphatic heterocycles. The van der Waals surface area contributed by atoms with Gasteiger partial charge in [0.05, 0.1) is 4.47 Å². The van der Waals surface area contributed by atoms with Crippen LogP contribution in [-0.4, -0.2) is 10.8 Å². The SMILES string of the molecule is C/C=C(/C)NC(CCC)=Nc1ncc(Br)c(Oc2c(F)cccc2F)c1Cl. The van der Waals surface area contributed by atoms with Gasteiger partial charge in [-0.05, 0) is 48.3 Å². The largest absolute Gasteiger partial charge is 0.448 e. The first-order chi connectivity index (χ1) is 12.9. The molecule has 1 aromatic heterocycles. The average molecular weight is 459 g/mol. The van der Waals surface area contributed by atoms with Gasteiger partial charge in [-0.25, -0.2) is 18.8 Å². The molecule has 1 aromatic carbocycles. The van der Waals surface area contributed by atoms with E-state index >= 15 is 0 Å². The maximum absolute atomic E-state index is 13.9. The van der Waals surface area contributed by atoms with E-state index in [9.17, 15) is 8.78 Å². The fourth-order valence-electron chi connectivity index (χ4n) is 2.10. The summed E-state index contributed by atoms with van der Waals surface area (Å²) < 4.78 is 33.6. The lowest BCUT2D eigenvalue weighted by atomic mass is 10.3. The molecule has 144 valence electrons. The lowest BCUT2D eigenvalue weighted by Gasteiger charge is -2.13. The number of allylic oxidation sites excluding steroid dienone is 2. The van der Waals surface area contributed by atoms with Gasteiger partial charge in [-0.2, -0.15) is 0 Å². The summed E-state index contributed by atoms with van der Waals surface area (Å²) in [4.78, 5) is 8.64. The number of benzene rings is 1. The quantitative estimate of drug-likeness (QED) is 0.378. The molecule has 0 bridgehead atoms. The molecule has 4 nitrogen and oxygen atoms in total. The molecule has 0 aliphatic carbocycles. The maximum Gasteiger partial charge on any atom is 0.198 e. The number of ether oxygens (including phenoxy) is 1. The third kappa shape index (κ3) is 5.49.